The monoisotopic (exact) mass is 364 g/mol. The second kappa shape index (κ2) is 9.36. The largest absolute Gasteiger partial charge is 0.342 e. The van der Waals surface area contributed by atoms with Crippen molar-refractivity contribution >= 4 is 11.8 Å². The Bertz CT molecular complexity index is 745. The van der Waals surface area contributed by atoms with Gasteiger partial charge in [0.2, 0.25) is 11.8 Å². The number of likely N-dealkylation sites (tertiary alicyclic amines) is 1. The minimum atomic E-state index is -0.210. The van der Waals surface area contributed by atoms with E-state index in [0.717, 1.165) is 24.9 Å². The molecule has 1 fully saturated rings. The van der Waals surface area contributed by atoms with Crippen molar-refractivity contribution in [3.05, 3.63) is 71.8 Å². The highest BCUT2D eigenvalue weighted by atomic mass is 16.2. The second-order valence-corrected chi connectivity index (χ2v) is 7.17. The van der Waals surface area contributed by atoms with E-state index in [4.69, 9.17) is 0 Å². The summed E-state index contributed by atoms with van der Waals surface area (Å²) in [5.74, 6) is -0.00433. The Balaban J connectivity index is 1.51. The predicted molar refractivity (Wildman–Crippen MR) is 107 cm³/mol. The molecule has 4 nitrogen and oxygen atoms in total. The molecule has 0 aliphatic carbocycles. The van der Waals surface area contributed by atoms with Gasteiger partial charge in [0.25, 0.3) is 0 Å². The number of hydrogen-bond acceptors (Lipinski definition) is 2. The van der Waals surface area contributed by atoms with E-state index < -0.39 is 0 Å². The summed E-state index contributed by atoms with van der Waals surface area (Å²) in [6.45, 7) is 4.54. The van der Waals surface area contributed by atoms with Gasteiger partial charge in [0.15, 0.2) is 0 Å². The summed E-state index contributed by atoms with van der Waals surface area (Å²) < 4.78 is 0. The standard InChI is InChI=1S/C23H28N2O2/c1-2-24(17-20-12-7-4-8-13-20)23(27)21-16-22(26)25(18-21)15-9-14-19-10-5-3-6-11-19/h3-8,10-13,21H,2,9,14-18H2,1H3. The summed E-state index contributed by atoms with van der Waals surface area (Å²) in [5.41, 5.74) is 2.41. The fraction of sp³-hybridized carbons (Fsp3) is 0.391. The predicted octanol–water partition coefficient (Wildman–Crippen LogP) is 3.52. The normalized spacial score (nSPS) is 16.6. The Morgan fingerprint density at radius 3 is 2.30 bits per heavy atom. The van der Waals surface area contributed by atoms with Gasteiger partial charge in [0.1, 0.15) is 0 Å². The van der Waals surface area contributed by atoms with Gasteiger partial charge in [-0.1, -0.05) is 60.7 Å². The van der Waals surface area contributed by atoms with Crippen LogP contribution in [0.5, 0.6) is 0 Å². The van der Waals surface area contributed by atoms with Crippen molar-refractivity contribution in [3.63, 3.8) is 0 Å². The molecule has 2 amide bonds. The number of rotatable bonds is 8. The minimum Gasteiger partial charge on any atom is -0.342 e. The van der Waals surface area contributed by atoms with E-state index in [1.54, 1.807) is 0 Å². The molecule has 2 aromatic carbocycles. The van der Waals surface area contributed by atoms with E-state index in [2.05, 4.69) is 12.1 Å². The van der Waals surface area contributed by atoms with Crippen LogP contribution in [0.4, 0.5) is 0 Å². The van der Waals surface area contributed by atoms with Gasteiger partial charge in [-0.25, -0.2) is 0 Å². The summed E-state index contributed by atoms with van der Waals surface area (Å²) in [5, 5.41) is 0. The lowest BCUT2D eigenvalue weighted by atomic mass is 10.1. The van der Waals surface area contributed by atoms with Crippen molar-refractivity contribution in [2.45, 2.75) is 32.7 Å². The molecule has 3 rings (SSSR count). The van der Waals surface area contributed by atoms with E-state index in [-0.39, 0.29) is 17.7 Å². The van der Waals surface area contributed by atoms with Crippen LogP contribution in [0.1, 0.15) is 30.9 Å². The molecule has 0 aromatic heterocycles. The average Bonchev–Trinajstić information content (AvgIpc) is 3.08. The molecule has 0 radical (unpaired) electrons. The van der Waals surface area contributed by atoms with E-state index in [9.17, 15) is 9.59 Å². The zero-order valence-corrected chi connectivity index (χ0v) is 16.0. The van der Waals surface area contributed by atoms with Gasteiger partial charge in [-0.2, -0.15) is 0 Å². The van der Waals surface area contributed by atoms with Crippen LogP contribution < -0.4 is 0 Å². The first-order valence-electron chi connectivity index (χ1n) is 9.81. The summed E-state index contributed by atoms with van der Waals surface area (Å²) >= 11 is 0. The molecule has 1 heterocycles. The van der Waals surface area contributed by atoms with Crippen LogP contribution in [-0.2, 0) is 22.6 Å². The van der Waals surface area contributed by atoms with E-state index in [0.29, 0.717) is 26.1 Å². The lowest BCUT2D eigenvalue weighted by Crippen LogP contribution is -2.37. The Hall–Kier alpha value is -2.62. The quantitative estimate of drug-likeness (QED) is 0.719. The number of carbonyl (C=O) groups excluding carboxylic acids is 2. The second-order valence-electron chi connectivity index (χ2n) is 7.17. The molecule has 1 unspecified atom stereocenters. The smallest absolute Gasteiger partial charge is 0.228 e. The molecule has 142 valence electrons. The third-order valence-corrected chi connectivity index (χ3v) is 5.21. The van der Waals surface area contributed by atoms with Crippen LogP contribution in [-0.4, -0.2) is 41.2 Å². The van der Waals surface area contributed by atoms with Crippen LogP contribution >= 0.6 is 0 Å². The van der Waals surface area contributed by atoms with Crippen LogP contribution in [0.15, 0.2) is 60.7 Å². The highest BCUT2D eigenvalue weighted by Crippen LogP contribution is 2.22. The van der Waals surface area contributed by atoms with Crippen molar-refractivity contribution in [2.75, 3.05) is 19.6 Å². The fourth-order valence-electron chi connectivity index (χ4n) is 3.68. The first-order chi connectivity index (χ1) is 13.2. The molecule has 4 heteroatoms. The molecule has 1 aliphatic heterocycles. The molecule has 0 spiro atoms. The Labute approximate surface area is 161 Å². The molecule has 0 N–H and O–H groups in total. The molecule has 2 aromatic rings. The zero-order valence-electron chi connectivity index (χ0n) is 16.0. The third kappa shape index (κ3) is 5.19. The van der Waals surface area contributed by atoms with Gasteiger partial charge in [-0.3, -0.25) is 9.59 Å². The maximum absolute atomic E-state index is 12.9. The number of hydrogen-bond donors (Lipinski definition) is 0. The molecular weight excluding hydrogens is 336 g/mol. The molecule has 1 aliphatic rings. The Morgan fingerprint density at radius 1 is 1.04 bits per heavy atom. The fourth-order valence-corrected chi connectivity index (χ4v) is 3.68. The van der Waals surface area contributed by atoms with Crippen molar-refractivity contribution in [1.82, 2.24) is 9.80 Å². The molecule has 1 saturated heterocycles. The number of aryl methyl sites for hydroxylation is 1. The SMILES string of the molecule is CCN(Cc1ccccc1)C(=O)C1CC(=O)N(CCCc2ccccc2)C1. The van der Waals surface area contributed by atoms with Crippen molar-refractivity contribution in [3.8, 4) is 0 Å². The maximum Gasteiger partial charge on any atom is 0.228 e. The summed E-state index contributed by atoms with van der Waals surface area (Å²) in [6.07, 6.45) is 2.23. The lowest BCUT2D eigenvalue weighted by Gasteiger charge is -2.24. The van der Waals surface area contributed by atoms with Gasteiger partial charge >= 0.3 is 0 Å². The lowest BCUT2D eigenvalue weighted by molar-refractivity contribution is -0.136. The highest BCUT2D eigenvalue weighted by Gasteiger charge is 2.35. The van der Waals surface area contributed by atoms with Crippen LogP contribution in [0.3, 0.4) is 0 Å². The summed E-state index contributed by atoms with van der Waals surface area (Å²) in [6, 6.07) is 20.3. The van der Waals surface area contributed by atoms with Gasteiger partial charge < -0.3 is 9.80 Å². The first kappa shape index (κ1) is 19.2. The van der Waals surface area contributed by atoms with E-state index in [1.165, 1.54) is 5.56 Å². The summed E-state index contributed by atoms with van der Waals surface area (Å²) in [7, 11) is 0. The number of carbonyl (C=O) groups is 2. The maximum atomic E-state index is 12.9. The molecule has 27 heavy (non-hydrogen) atoms. The van der Waals surface area contributed by atoms with Crippen molar-refractivity contribution in [1.29, 1.82) is 0 Å². The molecule has 0 saturated carbocycles. The molecule has 0 bridgehead atoms. The van der Waals surface area contributed by atoms with Gasteiger partial charge in [0, 0.05) is 32.6 Å². The van der Waals surface area contributed by atoms with Gasteiger partial charge in [0.05, 0.1) is 5.92 Å². The van der Waals surface area contributed by atoms with Gasteiger partial charge in [-0.15, -0.1) is 0 Å². The number of amides is 2. The Morgan fingerprint density at radius 2 is 1.67 bits per heavy atom. The Kier molecular flexibility index (Phi) is 6.64. The van der Waals surface area contributed by atoms with Crippen LogP contribution in [0.25, 0.3) is 0 Å². The molecular formula is C23H28N2O2. The topological polar surface area (TPSA) is 40.6 Å². The van der Waals surface area contributed by atoms with Crippen molar-refractivity contribution < 1.29 is 9.59 Å². The zero-order chi connectivity index (χ0) is 19.1. The average molecular weight is 364 g/mol. The van der Waals surface area contributed by atoms with Gasteiger partial charge in [-0.05, 0) is 30.9 Å². The number of nitrogens with zero attached hydrogens (tertiary/aromatic N) is 2. The highest BCUT2D eigenvalue weighted by molar-refractivity contribution is 5.89. The van der Waals surface area contributed by atoms with Crippen LogP contribution in [0, 0.1) is 5.92 Å². The molecule has 1 atom stereocenters. The minimum absolute atomic E-state index is 0.0975. The first-order valence-corrected chi connectivity index (χ1v) is 9.81. The van der Waals surface area contributed by atoms with Crippen LogP contribution in [0.2, 0.25) is 0 Å². The number of benzene rings is 2. The van der Waals surface area contributed by atoms with Crippen molar-refractivity contribution in [2.24, 2.45) is 5.92 Å². The van der Waals surface area contributed by atoms with E-state index in [1.807, 2.05) is 65.3 Å². The van der Waals surface area contributed by atoms with E-state index >= 15 is 0 Å². The summed E-state index contributed by atoms with van der Waals surface area (Å²) in [4.78, 5) is 29.0. The third-order valence-electron chi connectivity index (χ3n) is 5.21.